The number of nitrogens with one attached hydrogen (secondary N) is 2. The van der Waals surface area contributed by atoms with Crippen LogP contribution in [0.5, 0.6) is 0 Å². The predicted molar refractivity (Wildman–Crippen MR) is 109 cm³/mol. The molecule has 1 saturated heterocycles. The van der Waals surface area contributed by atoms with E-state index in [4.69, 9.17) is 4.74 Å². The van der Waals surface area contributed by atoms with Crippen LogP contribution in [0.4, 0.5) is 0 Å². The maximum atomic E-state index is 12.9. The van der Waals surface area contributed by atoms with Crippen LogP contribution < -0.4 is 10.9 Å². The van der Waals surface area contributed by atoms with Crippen LogP contribution in [-0.2, 0) is 4.74 Å². The fourth-order valence-corrected chi connectivity index (χ4v) is 3.63. The van der Waals surface area contributed by atoms with E-state index in [1.807, 2.05) is 36.4 Å². The third-order valence-corrected chi connectivity index (χ3v) is 5.15. The van der Waals surface area contributed by atoms with Crippen LogP contribution in [-0.4, -0.2) is 50.1 Å². The van der Waals surface area contributed by atoms with E-state index in [0.29, 0.717) is 11.4 Å². The molecule has 4 heterocycles. The molecule has 150 valence electrons. The highest BCUT2D eigenvalue weighted by Crippen LogP contribution is 2.21. The third kappa shape index (κ3) is 3.25. The molecule has 1 aromatic carbocycles. The molecule has 2 N–H and O–H groups in total. The van der Waals surface area contributed by atoms with Crippen molar-refractivity contribution >= 4 is 16.8 Å². The summed E-state index contributed by atoms with van der Waals surface area (Å²) in [5, 5.41) is 15.2. The van der Waals surface area contributed by atoms with Gasteiger partial charge in [0.05, 0.1) is 30.5 Å². The fourth-order valence-electron chi connectivity index (χ4n) is 3.63. The summed E-state index contributed by atoms with van der Waals surface area (Å²) in [4.78, 5) is 29.5. The van der Waals surface area contributed by atoms with Crippen LogP contribution in [0.15, 0.2) is 65.7 Å². The van der Waals surface area contributed by atoms with E-state index in [1.54, 1.807) is 18.5 Å². The first-order chi connectivity index (χ1) is 14.7. The van der Waals surface area contributed by atoms with Crippen LogP contribution in [0.2, 0.25) is 0 Å². The minimum Gasteiger partial charge on any atom is -0.377 e. The first-order valence-corrected chi connectivity index (χ1v) is 9.53. The van der Waals surface area contributed by atoms with E-state index in [9.17, 15) is 9.59 Å². The van der Waals surface area contributed by atoms with Crippen LogP contribution >= 0.6 is 0 Å². The number of para-hydroxylation sites is 1. The summed E-state index contributed by atoms with van der Waals surface area (Å²) in [7, 11) is 0. The van der Waals surface area contributed by atoms with Crippen LogP contribution in [0.1, 0.15) is 16.5 Å². The Hall–Kier alpha value is -3.85. The van der Waals surface area contributed by atoms with Crippen molar-refractivity contribution in [2.45, 2.75) is 12.1 Å². The minimum atomic E-state index is -0.428. The Bertz CT molecular complexity index is 1270. The van der Waals surface area contributed by atoms with E-state index in [-0.39, 0.29) is 24.7 Å². The molecule has 4 aromatic rings. The van der Waals surface area contributed by atoms with Crippen molar-refractivity contribution in [3.05, 3.63) is 77.0 Å². The molecular weight excluding hydrogens is 384 g/mol. The standard InChI is InChI=1S/C21H18N6O3/c28-19-8-7-15(13-4-3-9-22-10-13)26-27(19)18-12-30-11-17(18)23-21(29)20-14-5-1-2-6-16(14)24-25-20/h1-10,17-18H,11-12H2,(H,23,29)(H,24,25). The maximum absolute atomic E-state index is 12.9. The average Bonchev–Trinajstić information content (AvgIpc) is 3.42. The summed E-state index contributed by atoms with van der Waals surface area (Å²) in [5.74, 6) is -0.329. The van der Waals surface area contributed by atoms with Crippen molar-refractivity contribution in [1.82, 2.24) is 30.3 Å². The van der Waals surface area contributed by atoms with Crippen molar-refractivity contribution in [1.29, 1.82) is 0 Å². The van der Waals surface area contributed by atoms with Crippen LogP contribution in [0.25, 0.3) is 22.2 Å². The molecule has 1 fully saturated rings. The minimum absolute atomic E-state index is 0.261. The third-order valence-electron chi connectivity index (χ3n) is 5.15. The van der Waals surface area contributed by atoms with Gasteiger partial charge in [-0.05, 0) is 24.3 Å². The Morgan fingerprint density at radius 3 is 2.90 bits per heavy atom. The quantitative estimate of drug-likeness (QED) is 0.535. The second kappa shape index (κ2) is 7.53. The number of aromatic nitrogens is 5. The predicted octanol–water partition coefficient (Wildman–Crippen LogP) is 1.55. The Morgan fingerprint density at radius 1 is 1.13 bits per heavy atom. The van der Waals surface area contributed by atoms with E-state index in [1.165, 1.54) is 10.7 Å². The smallest absolute Gasteiger partial charge is 0.272 e. The van der Waals surface area contributed by atoms with Gasteiger partial charge in [0.15, 0.2) is 5.69 Å². The lowest BCUT2D eigenvalue weighted by Gasteiger charge is -2.20. The number of hydrogen-bond donors (Lipinski definition) is 2. The molecule has 1 aliphatic heterocycles. The summed E-state index contributed by atoms with van der Waals surface area (Å²) >= 11 is 0. The van der Waals surface area contributed by atoms with E-state index < -0.39 is 12.1 Å². The largest absolute Gasteiger partial charge is 0.377 e. The normalized spacial score (nSPS) is 18.5. The van der Waals surface area contributed by atoms with Crippen molar-refractivity contribution in [3.63, 3.8) is 0 Å². The van der Waals surface area contributed by atoms with Gasteiger partial charge in [0.1, 0.15) is 6.04 Å². The van der Waals surface area contributed by atoms with Crippen molar-refractivity contribution < 1.29 is 9.53 Å². The van der Waals surface area contributed by atoms with Gasteiger partial charge in [-0.1, -0.05) is 18.2 Å². The number of pyridine rings is 1. The number of fused-ring (bicyclic) bond motifs is 1. The Kier molecular flexibility index (Phi) is 4.56. The van der Waals surface area contributed by atoms with Gasteiger partial charge in [0.2, 0.25) is 0 Å². The number of amides is 1. The Morgan fingerprint density at radius 2 is 2.03 bits per heavy atom. The number of hydrogen-bond acceptors (Lipinski definition) is 6. The molecule has 5 rings (SSSR count). The molecule has 30 heavy (non-hydrogen) atoms. The highest BCUT2D eigenvalue weighted by Gasteiger charge is 2.33. The molecule has 9 heteroatoms. The van der Waals surface area contributed by atoms with Gasteiger partial charge in [-0.2, -0.15) is 10.2 Å². The summed E-state index contributed by atoms with van der Waals surface area (Å²) in [6, 6.07) is 13.4. The lowest BCUT2D eigenvalue weighted by Crippen LogP contribution is -2.44. The zero-order valence-corrected chi connectivity index (χ0v) is 15.9. The Labute approximate surface area is 170 Å². The summed E-state index contributed by atoms with van der Waals surface area (Å²) in [5.41, 5.74) is 2.25. The van der Waals surface area contributed by atoms with Gasteiger partial charge in [0.25, 0.3) is 11.5 Å². The number of rotatable bonds is 4. The number of carbonyl (C=O) groups is 1. The van der Waals surface area contributed by atoms with Crippen LogP contribution in [0.3, 0.4) is 0 Å². The van der Waals surface area contributed by atoms with E-state index in [0.717, 1.165) is 16.5 Å². The fraction of sp³-hybridized carbons (Fsp3) is 0.190. The van der Waals surface area contributed by atoms with Crippen molar-refractivity contribution in [2.24, 2.45) is 0 Å². The maximum Gasteiger partial charge on any atom is 0.272 e. The topological polar surface area (TPSA) is 115 Å². The lowest BCUT2D eigenvalue weighted by molar-refractivity contribution is 0.0921. The molecule has 3 aromatic heterocycles. The summed E-state index contributed by atoms with van der Waals surface area (Å²) in [6.45, 7) is 0.555. The first kappa shape index (κ1) is 18.2. The molecule has 0 spiro atoms. The van der Waals surface area contributed by atoms with Gasteiger partial charge < -0.3 is 10.1 Å². The first-order valence-electron chi connectivity index (χ1n) is 9.53. The molecule has 2 unspecified atom stereocenters. The molecular formula is C21H18N6O3. The summed E-state index contributed by atoms with van der Waals surface area (Å²) in [6.07, 6.45) is 3.36. The molecule has 0 aliphatic carbocycles. The van der Waals surface area contributed by atoms with Crippen molar-refractivity contribution in [2.75, 3.05) is 13.2 Å². The number of nitrogens with zero attached hydrogens (tertiary/aromatic N) is 4. The second-order valence-electron chi connectivity index (χ2n) is 7.05. The SMILES string of the molecule is O=C(NC1COCC1n1nc(-c2cccnc2)ccc1=O)c1n[nH]c2ccccc12. The van der Waals surface area contributed by atoms with Gasteiger partial charge >= 0.3 is 0 Å². The van der Waals surface area contributed by atoms with Crippen LogP contribution in [0, 0.1) is 0 Å². The zero-order valence-electron chi connectivity index (χ0n) is 15.9. The molecule has 2 atom stereocenters. The van der Waals surface area contributed by atoms with Gasteiger partial charge in [0, 0.05) is 29.4 Å². The molecule has 0 radical (unpaired) electrons. The molecule has 9 nitrogen and oxygen atoms in total. The van der Waals surface area contributed by atoms with E-state index >= 15 is 0 Å². The number of benzene rings is 1. The van der Waals surface area contributed by atoms with Gasteiger partial charge in [-0.3, -0.25) is 19.7 Å². The molecule has 1 amide bonds. The highest BCUT2D eigenvalue weighted by atomic mass is 16.5. The number of aromatic amines is 1. The van der Waals surface area contributed by atoms with Gasteiger partial charge in [-0.15, -0.1) is 0 Å². The van der Waals surface area contributed by atoms with Gasteiger partial charge in [-0.25, -0.2) is 4.68 Å². The average molecular weight is 402 g/mol. The number of H-pyrrole nitrogens is 1. The summed E-state index contributed by atoms with van der Waals surface area (Å²) < 4.78 is 6.95. The molecule has 0 bridgehead atoms. The molecule has 1 aliphatic rings. The van der Waals surface area contributed by atoms with E-state index in [2.05, 4.69) is 25.6 Å². The Balaban J connectivity index is 1.43. The number of ether oxygens (including phenoxy) is 1. The monoisotopic (exact) mass is 402 g/mol. The zero-order chi connectivity index (χ0) is 20.5. The molecule has 0 saturated carbocycles. The number of carbonyl (C=O) groups excluding carboxylic acids is 1. The lowest BCUT2D eigenvalue weighted by atomic mass is 10.1. The van der Waals surface area contributed by atoms with Crippen molar-refractivity contribution in [3.8, 4) is 11.3 Å². The highest BCUT2D eigenvalue weighted by molar-refractivity contribution is 6.04. The second-order valence-corrected chi connectivity index (χ2v) is 7.05.